The summed E-state index contributed by atoms with van der Waals surface area (Å²) in [6.45, 7) is 4.52. The van der Waals surface area contributed by atoms with Gasteiger partial charge in [-0.2, -0.15) is 0 Å². The predicted octanol–water partition coefficient (Wildman–Crippen LogP) is 3.31. The fourth-order valence-electron chi connectivity index (χ4n) is 2.98. The van der Waals surface area contributed by atoms with Crippen LogP contribution in [-0.4, -0.2) is 37.1 Å². The number of benzene rings is 2. The molecule has 2 aromatic rings. The molecule has 25 heavy (non-hydrogen) atoms. The molecule has 2 aromatic carbocycles. The zero-order valence-electron chi connectivity index (χ0n) is 14.1. The number of carbonyl (C=O) groups excluding carboxylic acids is 1. The van der Waals surface area contributed by atoms with E-state index >= 15 is 0 Å². The molecule has 132 valence electrons. The van der Waals surface area contributed by atoms with E-state index in [1.807, 2.05) is 36.1 Å². The molecule has 1 saturated heterocycles. The summed E-state index contributed by atoms with van der Waals surface area (Å²) in [6, 6.07) is 11.4. The van der Waals surface area contributed by atoms with Crippen LogP contribution in [0.3, 0.4) is 0 Å². The maximum atomic E-state index is 13.9. The molecule has 0 unspecified atom stereocenters. The maximum absolute atomic E-state index is 13.9. The molecule has 0 radical (unpaired) electrons. The van der Waals surface area contributed by atoms with E-state index in [0.717, 1.165) is 17.2 Å². The number of hydrogen-bond donors (Lipinski definition) is 1. The fourth-order valence-corrected chi connectivity index (χ4v) is 2.98. The van der Waals surface area contributed by atoms with Crippen molar-refractivity contribution in [2.24, 2.45) is 0 Å². The first-order valence-corrected chi connectivity index (χ1v) is 8.32. The minimum atomic E-state index is -0.588. The van der Waals surface area contributed by atoms with Crippen LogP contribution < -0.4 is 10.2 Å². The lowest BCUT2D eigenvalue weighted by molar-refractivity contribution is 0.194. The highest BCUT2D eigenvalue weighted by atomic mass is 19.1. The summed E-state index contributed by atoms with van der Waals surface area (Å²) in [5.74, 6) is -1.16. The van der Waals surface area contributed by atoms with Crippen molar-refractivity contribution < 1.29 is 13.6 Å². The van der Waals surface area contributed by atoms with Crippen LogP contribution in [0.5, 0.6) is 0 Å². The summed E-state index contributed by atoms with van der Waals surface area (Å²) in [7, 11) is 0. The molecule has 1 fully saturated rings. The summed E-state index contributed by atoms with van der Waals surface area (Å²) >= 11 is 0. The standard InChI is InChI=1S/C19H21F2N3O/c1-14-4-2-3-5-15(14)13-22-19(25)24-10-8-23(9-11-24)18-7-6-16(20)12-17(18)21/h2-7,12H,8-11,13H2,1H3,(H,22,25). The van der Waals surface area contributed by atoms with Gasteiger partial charge in [-0.1, -0.05) is 24.3 Å². The van der Waals surface area contributed by atoms with Crippen molar-refractivity contribution in [2.45, 2.75) is 13.5 Å². The van der Waals surface area contributed by atoms with Gasteiger partial charge in [-0.05, 0) is 30.2 Å². The summed E-state index contributed by atoms with van der Waals surface area (Å²) < 4.78 is 26.9. The van der Waals surface area contributed by atoms with Gasteiger partial charge in [0.1, 0.15) is 11.6 Å². The number of aryl methyl sites for hydroxylation is 1. The number of anilines is 1. The van der Waals surface area contributed by atoms with Gasteiger partial charge < -0.3 is 15.1 Å². The van der Waals surface area contributed by atoms with E-state index in [4.69, 9.17) is 0 Å². The first-order chi connectivity index (χ1) is 12.0. The smallest absolute Gasteiger partial charge is 0.317 e. The van der Waals surface area contributed by atoms with Gasteiger partial charge in [-0.25, -0.2) is 13.6 Å². The highest BCUT2D eigenvalue weighted by Crippen LogP contribution is 2.21. The van der Waals surface area contributed by atoms with Crippen LogP contribution in [0.2, 0.25) is 0 Å². The normalized spacial score (nSPS) is 14.5. The molecule has 4 nitrogen and oxygen atoms in total. The lowest BCUT2D eigenvalue weighted by atomic mass is 10.1. The zero-order valence-corrected chi connectivity index (χ0v) is 14.1. The number of halogens is 2. The lowest BCUT2D eigenvalue weighted by Gasteiger charge is -2.36. The van der Waals surface area contributed by atoms with Crippen molar-refractivity contribution in [1.29, 1.82) is 0 Å². The lowest BCUT2D eigenvalue weighted by Crippen LogP contribution is -2.51. The third kappa shape index (κ3) is 4.07. The van der Waals surface area contributed by atoms with Gasteiger partial charge in [-0.15, -0.1) is 0 Å². The average Bonchev–Trinajstić information content (AvgIpc) is 2.61. The largest absolute Gasteiger partial charge is 0.366 e. The van der Waals surface area contributed by atoms with Gasteiger partial charge in [0.15, 0.2) is 0 Å². The van der Waals surface area contributed by atoms with Crippen LogP contribution >= 0.6 is 0 Å². The number of amides is 2. The van der Waals surface area contributed by atoms with Crippen LogP contribution in [0.4, 0.5) is 19.3 Å². The second-order valence-corrected chi connectivity index (χ2v) is 6.16. The Kier molecular flexibility index (Phi) is 5.16. The Morgan fingerprint density at radius 3 is 2.48 bits per heavy atom. The van der Waals surface area contributed by atoms with Gasteiger partial charge >= 0.3 is 6.03 Å². The van der Waals surface area contributed by atoms with E-state index in [1.165, 1.54) is 12.1 Å². The molecule has 3 rings (SSSR count). The van der Waals surface area contributed by atoms with Gasteiger partial charge in [-0.3, -0.25) is 0 Å². The highest BCUT2D eigenvalue weighted by molar-refractivity contribution is 5.74. The number of urea groups is 1. The molecular weight excluding hydrogens is 324 g/mol. The second-order valence-electron chi connectivity index (χ2n) is 6.16. The minimum absolute atomic E-state index is 0.123. The van der Waals surface area contributed by atoms with Crippen LogP contribution in [-0.2, 0) is 6.54 Å². The zero-order chi connectivity index (χ0) is 17.8. The van der Waals surface area contributed by atoms with Crippen LogP contribution in [0.25, 0.3) is 0 Å². The number of piperazine rings is 1. The fraction of sp³-hybridized carbons (Fsp3) is 0.316. The van der Waals surface area contributed by atoms with Gasteiger partial charge in [0.25, 0.3) is 0 Å². The highest BCUT2D eigenvalue weighted by Gasteiger charge is 2.22. The number of nitrogens with one attached hydrogen (secondary N) is 1. The molecule has 0 atom stereocenters. The summed E-state index contributed by atoms with van der Waals surface area (Å²) in [4.78, 5) is 15.9. The summed E-state index contributed by atoms with van der Waals surface area (Å²) in [5.41, 5.74) is 2.60. The Balaban J connectivity index is 1.53. The molecule has 6 heteroatoms. The third-order valence-corrected chi connectivity index (χ3v) is 4.51. The summed E-state index contributed by atoms with van der Waals surface area (Å²) in [6.07, 6.45) is 0. The number of hydrogen-bond acceptors (Lipinski definition) is 2. The Labute approximate surface area is 146 Å². The Morgan fingerprint density at radius 1 is 1.08 bits per heavy atom. The van der Waals surface area contributed by atoms with Crippen LogP contribution in [0, 0.1) is 18.6 Å². The van der Waals surface area contributed by atoms with Crippen molar-refractivity contribution in [3.8, 4) is 0 Å². The predicted molar refractivity (Wildman–Crippen MR) is 93.6 cm³/mol. The molecule has 1 heterocycles. The molecule has 1 aliphatic heterocycles. The molecule has 1 N–H and O–H groups in total. The van der Waals surface area contributed by atoms with Crippen LogP contribution in [0.1, 0.15) is 11.1 Å². The summed E-state index contributed by atoms with van der Waals surface area (Å²) in [5, 5.41) is 2.93. The van der Waals surface area contributed by atoms with Crippen molar-refractivity contribution in [1.82, 2.24) is 10.2 Å². The Hall–Kier alpha value is -2.63. The average molecular weight is 345 g/mol. The van der Waals surface area contributed by atoms with E-state index in [0.29, 0.717) is 38.4 Å². The van der Waals surface area contributed by atoms with E-state index in [1.54, 1.807) is 4.90 Å². The van der Waals surface area contributed by atoms with Gasteiger partial charge in [0, 0.05) is 38.8 Å². The molecule has 0 aromatic heterocycles. The number of nitrogens with zero attached hydrogens (tertiary/aromatic N) is 2. The topological polar surface area (TPSA) is 35.6 Å². The first kappa shape index (κ1) is 17.2. The van der Waals surface area contributed by atoms with Crippen molar-refractivity contribution in [3.63, 3.8) is 0 Å². The second kappa shape index (κ2) is 7.51. The van der Waals surface area contributed by atoms with Gasteiger partial charge in [0.2, 0.25) is 0 Å². The van der Waals surface area contributed by atoms with E-state index in [2.05, 4.69) is 5.32 Å². The molecule has 0 bridgehead atoms. The van der Waals surface area contributed by atoms with E-state index in [9.17, 15) is 13.6 Å². The quantitative estimate of drug-likeness (QED) is 0.926. The number of carbonyl (C=O) groups is 1. The molecule has 0 aliphatic carbocycles. The van der Waals surface area contributed by atoms with Crippen molar-refractivity contribution >= 4 is 11.7 Å². The Bertz CT molecular complexity index is 758. The molecular formula is C19H21F2N3O. The minimum Gasteiger partial charge on any atom is -0.366 e. The molecule has 1 aliphatic rings. The number of rotatable bonds is 3. The van der Waals surface area contributed by atoms with Crippen molar-refractivity contribution in [2.75, 3.05) is 31.1 Å². The Morgan fingerprint density at radius 2 is 1.80 bits per heavy atom. The molecule has 2 amide bonds. The van der Waals surface area contributed by atoms with Crippen molar-refractivity contribution in [3.05, 3.63) is 65.2 Å². The monoisotopic (exact) mass is 345 g/mol. The SMILES string of the molecule is Cc1ccccc1CNC(=O)N1CCN(c2ccc(F)cc2F)CC1. The van der Waals surface area contributed by atoms with E-state index in [-0.39, 0.29) is 6.03 Å². The first-order valence-electron chi connectivity index (χ1n) is 8.32. The third-order valence-electron chi connectivity index (χ3n) is 4.51. The molecule has 0 saturated carbocycles. The van der Waals surface area contributed by atoms with Crippen LogP contribution in [0.15, 0.2) is 42.5 Å². The van der Waals surface area contributed by atoms with E-state index < -0.39 is 11.6 Å². The maximum Gasteiger partial charge on any atom is 0.317 e. The molecule has 0 spiro atoms. The van der Waals surface area contributed by atoms with Gasteiger partial charge in [0.05, 0.1) is 5.69 Å².